The van der Waals surface area contributed by atoms with Crippen LogP contribution in [0.25, 0.3) is 0 Å². The average Bonchev–Trinajstić information content (AvgIpc) is 2.35. The molecule has 1 N–H and O–H groups in total. The van der Waals surface area contributed by atoms with E-state index in [0.717, 1.165) is 19.4 Å². The minimum atomic E-state index is 0.0506. The molecule has 2 heteroatoms. The van der Waals surface area contributed by atoms with Crippen molar-refractivity contribution in [3.05, 3.63) is 29.3 Å². The maximum atomic E-state index is 8.78. The highest BCUT2D eigenvalue weighted by atomic mass is 14.9. The van der Waals surface area contributed by atoms with E-state index < -0.39 is 0 Å². The van der Waals surface area contributed by atoms with E-state index in [1.165, 1.54) is 16.8 Å². The molecule has 0 amide bonds. The number of nitriles is 1. The molecule has 0 aromatic heterocycles. The van der Waals surface area contributed by atoms with Gasteiger partial charge in [0, 0.05) is 12.2 Å². The summed E-state index contributed by atoms with van der Waals surface area (Å²) in [5.74, 6) is 0.0506. The molecule has 0 radical (unpaired) electrons. The van der Waals surface area contributed by atoms with Crippen LogP contribution in [0.3, 0.4) is 0 Å². The van der Waals surface area contributed by atoms with Crippen molar-refractivity contribution in [3.63, 3.8) is 0 Å². The van der Waals surface area contributed by atoms with Gasteiger partial charge >= 0.3 is 0 Å². The van der Waals surface area contributed by atoms with Crippen LogP contribution in [0.5, 0.6) is 0 Å². The zero-order chi connectivity index (χ0) is 12.0. The third-order valence-corrected chi connectivity index (χ3v) is 2.80. The molecule has 0 spiro atoms. The van der Waals surface area contributed by atoms with Gasteiger partial charge in [-0.15, -0.1) is 0 Å². The van der Waals surface area contributed by atoms with E-state index in [1.54, 1.807) is 0 Å². The molecule has 0 aliphatic heterocycles. The average molecular weight is 216 g/mol. The SMILES string of the molecule is CCc1cccc(CC)c1NCC(C)C#N. The lowest BCUT2D eigenvalue weighted by Gasteiger charge is -2.15. The first-order chi connectivity index (χ1) is 7.72. The second kappa shape index (κ2) is 6.17. The summed E-state index contributed by atoms with van der Waals surface area (Å²) in [6.45, 7) is 6.98. The summed E-state index contributed by atoms with van der Waals surface area (Å²) in [5, 5.41) is 12.2. The van der Waals surface area contributed by atoms with Crippen LogP contribution in [0.15, 0.2) is 18.2 Å². The van der Waals surface area contributed by atoms with Gasteiger partial charge in [-0.1, -0.05) is 32.0 Å². The zero-order valence-corrected chi connectivity index (χ0v) is 10.4. The summed E-state index contributed by atoms with van der Waals surface area (Å²) in [5.41, 5.74) is 3.91. The predicted molar refractivity (Wildman–Crippen MR) is 68.5 cm³/mol. The summed E-state index contributed by atoms with van der Waals surface area (Å²) in [6.07, 6.45) is 2.05. The highest BCUT2D eigenvalue weighted by Gasteiger charge is 2.07. The predicted octanol–water partition coefficient (Wildman–Crippen LogP) is 3.38. The van der Waals surface area contributed by atoms with Crippen molar-refractivity contribution < 1.29 is 0 Å². The quantitative estimate of drug-likeness (QED) is 0.819. The first-order valence-corrected chi connectivity index (χ1v) is 5.97. The van der Waals surface area contributed by atoms with Crippen molar-refractivity contribution in [2.24, 2.45) is 5.92 Å². The molecular weight excluding hydrogens is 196 g/mol. The first-order valence-electron chi connectivity index (χ1n) is 5.97. The Morgan fingerprint density at radius 1 is 1.25 bits per heavy atom. The van der Waals surface area contributed by atoms with Crippen LogP contribution in [-0.4, -0.2) is 6.54 Å². The fourth-order valence-corrected chi connectivity index (χ4v) is 1.77. The zero-order valence-electron chi connectivity index (χ0n) is 10.4. The van der Waals surface area contributed by atoms with Crippen LogP contribution < -0.4 is 5.32 Å². The van der Waals surface area contributed by atoms with Crippen LogP contribution in [0.4, 0.5) is 5.69 Å². The van der Waals surface area contributed by atoms with E-state index >= 15 is 0 Å². The summed E-state index contributed by atoms with van der Waals surface area (Å²) in [7, 11) is 0. The molecule has 0 heterocycles. The lowest BCUT2D eigenvalue weighted by Crippen LogP contribution is -2.12. The van der Waals surface area contributed by atoms with Crippen LogP contribution in [0.2, 0.25) is 0 Å². The van der Waals surface area contributed by atoms with Crippen molar-refractivity contribution in [3.8, 4) is 6.07 Å². The maximum Gasteiger partial charge on any atom is 0.0671 e. The van der Waals surface area contributed by atoms with Crippen LogP contribution >= 0.6 is 0 Å². The number of anilines is 1. The first kappa shape index (κ1) is 12.6. The van der Waals surface area contributed by atoms with Gasteiger partial charge in [-0.05, 0) is 30.9 Å². The molecule has 0 saturated carbocycles. The number of nitrogens with zero attached hydrogens (tertiary/aromatic N) is 1. The molecule has 16 heavy (non-hydrogen) atoms. The van der Waals surface area contributed by atoms with E-state index in [4.69, 9.17) is 5.26 Å². The molecule has 0 fully saturated rings. The second-order valence-corrected chi connectivity index (χ2v) is 4.07. The molecule has 1 atom stereocenters. The Morgan fingerprint density at radius 3 is 2.25 bits per heavy atom. The van der Waals surface area contributed by atoms with Gasteiger partial charge in [-0.2, -0.15) is 5.26 Å². The minimum Gasteiger partial charge on any atom is -0.383 e. The maximum absolute atomic E-state index is 8.78. The Hall–Kier alpha value is -1.49. The fraction of sp³-hybridized carbons (Fsp3) is 0.500. The molecule has 0 bridgehead atoms. The van der Waals surface area contributed by atoms with E-state index in [9.17, 15) is 0 Å². The van der Waals surface area contributed by atoms with Gasteiger partial charge in [-0.3, -0.25) is 0 Å². The lowest BCUT2D eigenvalue weighted by atomic mass is 10.0. The minimum absolute atomic E-state index is 0.0506. The van der Waals surface area contributed by atoms with Crippen LogP contribution in [-0.2, 0) is 12.8 Å². The van der Waals surface area contributed by atoms with E-state index in [0.29, 0.717) is 0 Å². The molecule has 86 valence electrons. The van der Waals surface area contributed by atoms with E-state index in [-0.39, 0.29) is 5.92 Å². The molecule has 1 aromatic carbocycles. The van der Waals surface area contributed by atoms with Gasteiger partial charge in [-0.25, -0.2) is 0 Å². The van der Waals surface area contributed by atoms with Gasteiger partial charge in [0.05, 0.1) is 12.0 Å². The van der Waals surface area contributed by atoms with Crippen LogP contribution in [0.1, 0.15) is 31.9 Å². The number of rotatable bonds is 5. The molecule has 2 nitrogen and oxygen atoms in total. The van der Waals surface area contributed by atoms with Gasteiger partial charge in [0.15, 0.2) is 0 Å². The summed E-state index contributed by atoms with van der Waals surface area (Å²) in [6, 6.07) is 8.66. The molecule has 1 aromatic rings. The summed E-state index contributed by atoms with van der Waals surface area (Å²) in [4.78, 5) is 0. The van der Waals surface area contributed by atoms with Crippen molar-refractivity contribution in [2.45, 2.75) is 33.6 Å². The Kier molecular flexibility index (Phi) is 4.85. The Labute approximate surface area is 98.3 Å². The standard InChI is InChI=1S/C14H20N2/c1-4-12-7-6-8-13(5-2)14(12)16-10-11(3)9-15/h6-8,11,16H,4-5,10H2,1-3H3. The van der Waals surface area contributed by atoms with Crippen molar-refractivity contribution in [1.29, 1.82) is 5.26 Å². The number of hydrogen-bond donors (Lipinski definition) is 1. The summed E-state index contributed by atoms with van der Waals surface area (Å²) < 4.78 is 0. The van der Waals surface area contributed by atoms with Gasteiger partial charge < -0.3 is 5.32 Å². The van der Waals surface area contributed by atoms with Gasteiger partial charge in [0.1, 0.15) is 0 Å². The number of hydrogen-bond acceptors (Lipinski definition) is 2. The third-order valence-electron chi connectivity index (χ3n) is 2.80. The normalized spacial score (nSPS) is 11.9. The third kappa shape index (κ3) is 3.00. The topological polar surface area (TPSA) is 35.8 Å². The monoisotopic (exact) mass is 216 g/mol. The molecule has 0 aliphatic carbocycles. The Morgan fingerprint density at radius 2 is 1.81 bits per heavy atom. The van der Waals surface area contributed by atoms with E-state index in [2.05, 4.69) is 43.4 Å². The highest BCUT2D eigenvalue weighted by molar-refractivity contribution is 5.58. The number of benzene rings is 1. The molecular formula is C14H20N2. The van der Waals surface area contributed by atoms with E-state index in [1.807, 2.05) is 6.92 Å². The number of nitrogens with one attached hydrogen (secondary N) is 1. The van der Waals surface area contributed by atoms with Gasteiger partial charge in [0.25, 0.3) is 0 Å². The Bertz CT molecular complexity index is 355. The lowest BCUT2D eigenvalue weighted by molar-refractivity contribution is 0.783. The number of aryl methyl sites for hydroxylation is 2. The van der Waals surface area contributed by atoms with Gasteiger partial charge in [0.2, 0.25) is 0 Å². The second-order valence-electron chi connectivity index (χ2n) is 4.07. The van der Waals surface area contributed by atoms with Crippen molar-refractivity contribution in [2.75, 3.05) is 11.9 Å². The molecule has 1 rings (SSSR count). The number of para-hydroxylation sites is 1. The van der Waals surface area contributed by atoms with Crippen LogP contribution in [0, 0.1) is 17.2 Å². The smallest absolute Gasteiger partial charge is 0.0671 e. The Balaban J connectivity index is 2.87. The highest BCUT2D eigenvalue weighted by Crippen LogP contribution is 2.22. The molecule has 0 aliphatic rings. The largest absolute Gasteiger partial charge is 0.383 e. The molecule has 0 saturated heterocycles. The summed E-state index contributed by atoms with van der Waals surface area (Å²) >= 11 is 0. The van der Waals surface area contributed by atoms with Crippen molar-refractivity contribution >= 4 is 5.69 Å². The molecule has 1 unspecified atom stereocenters. The fourth-order valence-electron chi connectivity index (χ4n) is 1.77. The van der Waals surface area contributed by atoms with Crippen molar-refractivity contribution in [1.82, 2.24) is 0 Å².